The third kappa shape index (κ3) is 18.9. The minimum atomic E-state index is -0.309. The van der Waals surface area contributed by atoms with E-state index in [1.807, 2.05) is 0 Å². The Morgan fingerprint density at radius 1 is 0.879 bits per heavy atom. The first-order valence-electron chi connectivity index (χ1n) is 12.8. The monoisotopic (exact) mass is 471 g/mol. The summed E-state index contributed by atoms with van der Waals surface area (Å²) in [4.78, 5) is 26.3. The van der Waals surface area contributed by atoms with Gasteiger partial charge in [-0.2, -0.15) is 0 Å². The van der Waals surface area contributed by atoms with Crippen LogP contribution in [-0.2, 0) is 9.59 Å². The van der Waals surface area contributed by atoms with Crippen LogP contribution in [0.25, 0.3) is 0 Å². The molecule has 0 saturated heterocycles. The number of quaternary nitrogens is 1. The van der Waals surface area contributed by atoms with Crippen LogP contribution in [0.1, 0.15) is 86.5 Å². The normalized spacial score (nSPS) is 13.8. The number of nitrogens with zero attached hydrogens (tertiary/aromatic N) is 2. The van der Waals surface area contributed by atoms with E-state index >= 15 is 0 Å². The molecule has 0 saturated carbocycles. The standard InChI is InChI=1S/C26H54N4O3/c1-25(2,3)20-22(31)21-30(8,9)19-13-17-28-24(33)15-11-10-14-23(32)27-16-12-18-29(7)26(4,5)6/h22,31H,10-21H2,1-9H3,(H-,27,28,32,33)/p+1. The SMILES string of the molecule is CN(CCCNC(=O)CCCCC(=O)NCCC[N+](C)(C)CC(O)CC(C)(C)C)C(C)(C)C. The predicted octanol–water partition coefficient (Wildman–Crippen LogP) is 3.16. The zero-order valence-corrected chi connectivity index (χ0v) is 23.2. The summed E-state index contributed by atoms with van der Waals surface area (Å²) in [5, 5.41) is 16.3. The van der Waals surface area contributed by atoms with Crippen molar-refractivity contribution in [1.82, 2.24) is 15.5 Å². The molecule has 3 N–H and O–H groups in total. The number of nitrogens with one attached hydrogen (secondary N) is 2. The maximum Gasteiger partial charge on any atom is 0.219 e. The topological polar surface area (TPSA) is 81.7 Å². The molecule has 0 fully saturated rings. The van der Waals surface area contributed by atoms with Crippen molar-refractivity contribution in [3.05, 3.63) is 0 Å². The Hall–Kier alpha value is -1.18. The van der Waals surface area contributed by atoms with Gasteiger partial charge in [0.05, 0.1) is 20.6 Å². The van der Waals surface area contributed by atoms with E-state index in [1.54, 1.807) is 0 Å². The number of carbonyl (C=O) groups excluding carboxylic acids is 2. The van der Waals surface area contributed by atoms with Gasteiger partial charge >= 0.3 is 0 Å². The Morgan fingerprint density at radius 3 is 1.82 bits per heavy atom. The quantitative estimate of drug-likeness (QED) is 0.239. The van der Waals surface area contributed by atoms with E-state index in [2.05, 4.69) is 78.2 Å². The molecule has 0 aromatic carbocycles. The summed E-state index contributed by atoms with van der Waals surface area (Å²) in [6.07, 6.45) is 4.70. The molecular weight excluding hydrogens is 416 g/mol. The lowest BCUT2D eigenvalue weighted by atomic mass is 9.89. The molecule has 0 rings (SSSR count). The van der Waals surface area contributed by atoms with Gasteiger partial charge in [-0.05, 0) is 58.9 Å². The van der Waals surface area contributed by atoms with Gasteiger partial charge in [-0.25, -0.2) is 0 Å². The van der Waals surface area contributed by atoms with Gasteiger partial charge in [0.25, 0.3) is 0 Å². The molecule has 7 heteroatoms. The largest absolute Gasteiger partial charge is 0.387 e. The molecule has 0 aliphatic heterocycles. The number of hydrogen-bond acceptors (Lipinski definition) is 4. The first kappa shape index (κ1) is 31.8. The highest BCUT2D eigenvalue weighted by atomic mass is 16.3. The number of rotatable bonds is 16. The zero-order valence-electron chi connectivity index (χ0n) is 23.2. The van der Waals surface area contributed by atoms with Crippen LogP contribution in [0.4, 0.5) is 0 Å². The van der Waals surface area contributed by atoms with Gasteiger partial charge < -0.3 is 25.1 Å². The minimum absolute atomic E-state index is 0.0544. The fourth-order valence-corrected chi connectivity index (χ4v) is 3.80. The maximum atomic E-state index is 12.0. The summed E-state index contributed by atoms with van der Waals surface area (Å²) in [7, 11) is 6.36. The lowest BCUT2D eigenvalue weighted by Crippen LogP contribution is -2.47. The Morgan fingerprint density at radius 2 is 1.36 bits per heavy atom. The molecule has 0 spiro atoms. The van der Waals surface area contributed by atoms with E-state index < -0.39 is 0 Å². The zero-order chi connectivity index (χ0) is 25.7. The Balaban J connectivity index is 3.81. The summed E-state index contributed by atoms with van der Waals surface area (Å²) >= 11 is 0. The molecule has 0 aromatic rings. The fourth-order valence-electron chi connectivity index (χ4n) is 3.80. The summed E-state index contributed by atoms with van der Waals surface area (Å²) in [5.74, 6) is 0.126. The van der Waals surface area contributed by atoms with E-state index in [-0.39, 0.29) is 28.9 Å². The van der Waals surface area contributed by atoms with Crippen molar-refractivity contribution in [2.24, 2.45) is 5.41 Å². The van der Waals surface area contributed by atoms with Crippen molar-refractivity contribution in [3.8, 4) is 0 Å². The summed E-state index contributed by atoms with van der Waals surface area (Å²) in [6.45, 7) is 16.9. The first-order chi connectivity index (χ1) is 15.0. The summed E-state index contributed by atoms with van der Waals surface area (Å²) in [5.41, 5.74) is 0.270. The van der Waals surface area contributed by atoms with Gasteiger partial charge in [-0.3, -0.25) is 9.59 Å². The van der Waals surface area contributed by atoms with Gasteiger partial charge in [0, 0.05) is 44.4 Å². The van der Waals surface area contributed by atoms with Crippen LogP contribution >= 0.6 is 0 Å². The van der Waals surface area contributed by atoms with Crippen molar-refractivity contribution in [3.63, 3.8) is 0 Å². The number of aliphatic hydroxyl groups is 1. The number of likely N-dealkylation sites (N-methyl/N-ethyl adjacent to an activating group) is 1. The summed E-state index contributed by atoms with van der Waals surface area (Å²) < 4.78 is 0.745. The molecule has 33 heavy (non-hydrogen) atoms. The van der Waals surface area contributed by atoms with Crippen molar-refractivity contribution in [2.45, 2.75) is 98.1 Å². The third-order valence-electron chi connectivity index (χ3n) is 6.01. The number of hydrogen-bond donors (Lipinski definition) is 3. The van der Waals surface area contributed by atoms with Gasteiger partial charge in [0.2, 0.25) is 11.8 Å². The van der Waals surface area contributed by atoms with E-state index in [0.29, 0.717) is 25.9 Å². The molecule has 1 unspecified atom stereocenters. The second kappa shape index (κ2) is 14.9. The van der Waals surface area contributed by atoms with Crippen LogP contribution in [0.5, 0.6) is 0 Å². The highest BCUT2D eigenvalue weighted by Gasteiger charge is 2.24. The molecule has 0 aliphatic rings. The average Bonchev–Trinajstić information content (AvgIpc) is 2.62. The molecule has 0 heterocycles. The van der Waals surface area contributed by atoms with Crippen molar-refractivity contribution in [1.29, 1.82) is 0 Å². The second-order valence-corrected chi connectivity index (χ2v) is 12.5. The minimum Gasteiger partial charge on any atom is -0.387 e. The number of amides is 2. The van der Waals surface area contributed by atoms with Crippen molar-refractivity contribution >= 4 is 11.8 Å². The Labute approximate surface area is 204 Å². The van der Waals surface area contributed by atoms with Gasteiger partial charge in [-0.15, -0.1) is 0 Å². The molecule has 7 nitrogen and oxygen atoms in total. The smallest absolute Gasteiger partial charge is 0.219 e. The van der Waals surface area contributed by atoms with Crippen LogP contribution in [0.3, 0.4) is 0 Å². The number of aliphatic hydroxyl groups excluding tert-OH is 1. The lowest BCUT2D eigenvalue weighted by molar-refractivity contribution is -0.893. The molecule has 0 aromatic heterocycles. The van der Waals surface area contributed by atoms with Crippen LogP contribution in [0.15, 0.2) is 0 Å². The lowest BCUT2D eigenvalue weighted by Gasteiger charge is -2.33. The van der Waals surface area contributed by atoms with Crippen LogP contribution in [0, 0.1) is 5.41 Å². The molecular formula is C26H55N4O3+. The van der Waals surface area contributed by atoms with E-state index in [1.165, 1.54) is 0 Å². The molecule has 2 amide bonds. The molecule has 0 bridgehead atoms. The van der Waals surface area contributed by atoms with Crippen LogP contribution in [0.2, 0.25) is 0 Å². The van der Waals surface area contributed by atoms with Crippen molar-refractivity contribution < 1.29 is 19.2 Å². The highest BCUT2D eigenvalue weighted by Crippen LogP contribution is 2.21. The third-order valence-corrected chi connectivity index (χ3v) is 6.01. The summed E-state index contributed by atoms with van der Waals surface area (Å²) in [6, 6.07) is 0. The van der Waals surface area contributed by atoms with Crippen molar-refractivity contribution in [2.75, 3.05) is 53.9 Å². The van der Waals surface area contributed by atoms with Gasteiger partial charge in [0.15, 0.2) is 0 Å². The number of carbonyl (C=O) groups is 2. The fraction of sp³-hybridized carbons (Fsp3) is 0.923. The Kier molecular flexibility index (Phi) is 14.4. The molecule has 1 atom stereocenters. The maximum absolute atomic E-state index is 12.0. The highest BCUT2D eigenvalue weighted by molar-refractivity contribution is 5.77. The van der Waals surface area contributed by atoms with Gasteiger partial charge in [-0.1, -0.05) is 20.8 Å². The second-order valence-electron chi connectivity index (χ2n) is 12.5. The van der Waals surface area contributed by atoms with E-state index in [4.69, 9.17) is 0 Å². The van der Waals surface area contributed by atoms with E-state index in [9.17, 15) is 14.7 Å². The predicted molar refractivity (Wildman–Crippen MR) is 138 cm³/mol. The van der Waals surface area contributed by atoms with E-state index in [0.717, 1.165) is 56.2 Å². The average molecular weight is 472 g/mol. The van der Waals surface area contributed by atoms with Crippen LogP contribution in [-0.4, -0.2) is 91.8 Å². The molecule has 0 radical (unpaired) electrons. The molecule has 0 aliphatic carbocycles. The first-order valence-corrected chi connectivity index (χ1v) is 12.8. The molecule has 196 valence electrons. The van der Waals surface area contributed by atoms with Gasteiger partial charge in [0.1, 0.15) is 12.6 Å². The number of unbranched alkanes of at least 4 members (excludes halogenated alkanes) is 1. The van der Waals surface area contributed by atoms with Crippen LogP contribution < -0.4 is 10.6 Å². The Bertz CT molecular complexity index is 565.